The molecule has 0 radical (unpaired) electrons. The zero-order valence-electron chi connectivity index (χ0n) is 16.7. The molecule has 0 aliphatic heterocycles. The molecule has 1 aromatic rings. The summed E-state index contributed by atoms with van der Waals surface area (Å²) in [6.07, 6.45) is 8.18. The Morgan fingerprint density at radius 3 is 1.84 bits per heavy atom. The molecule has 0 N–H and O–H groups in total. The van der Waals surface area contributed by atoms with Gasteiger partial charge in [-0.15, -0.1) is 0 Å². The van der Waals surface area contributed by atoms with Crippen LogP contribution in [0.15, 0.2) is 30.3 Å². The second-order valence-corrected chi connectivity index (χ2v) is 27.0. The van der Waals surface area contributed by atoms with Crippen molar-refractivity contribution in [2.75, 3.05) is 7.05 Å². The molecular formula is C21H37NS2Sn. The first-order chi connectivity index (χ1) is 12.1. The van der Waals surface area contributed by atoms with Gasteiger partial charge in [-0.25, -0.2) is 0 Å². The van der Waals surface area contributed by atoms with Gasteiger partial charge >= 0.3 is 169 Å². The summed E-state index contributed by atoms with van der Waals surface area (Å²) in [5.74, 6) is 0. The van der Waals surface area contributed by atoms with Crippen molar-refractivity contribution in [2.45, 2.75) is 79.2 Å². The maximum atomic E-state index is 5.92. The van der Waals surface area contributed by atoms with Crippen LogP contribution in [-0.2, 0) is 6.54 Å². The van der Waals surface area contributed by atoms with E-state index in [4.69, 9.17) is 12.2 Å². The van der Waals surface area contributed by atoms with E-state index in [2.05, 4.69) is 72.0 Å². The number of hydrogen-bond acceptors (Lipinski definition) is 2. The van der Waals surface area contributed by atoms with Crippen molar-refractivity contribution in [3.05, 3.63) is 35.9 Å². The van der Waals surface area contributed by atoms with E-state index in [0.717, 1.165) is 10.9 Å². The maximum absolute atomic E-state index is 5.92. The Labute approximate surface area is 168 Å². The van der Waals surface area contributed by atoms with Crippen LogP contribution in [0.1, 0.15) is 64.9 Å². The van der Waals surface area contributed by atoms with Gasteiger partial charge in [0.15, 0.2) is 0 Å². The summed E-state index contributed by atoms with van der Waals surface area (Å²) in [6.45, 7) is 7.94. The van der Waals surface area contributed by atoms with Crippen LogP contribution < -0.4 is 0 Å². The average molecular weight is 486 g/mol. The van der Waals surface area contributed by atoms with Gasteiger partial charge < -0.3 is 0 Å². The first kappa shape index (κ1) is 23.3. The standard InChI is InChI=1S/C9H11NS2.3C4H9.Sn/c1-10(9(11)12)7-8-5-3-2-4-6-8;3*1-3-4-2;/h2-6H,7H2,1H3,(H,11,12);3*1,3-4H2,2H3;/q;;;;+1/p-1. The van der Waals surface area contributed by atoms with E-state index in [9.17, 15) is 0 Å². The van der Waals surface area contributed by atoms with Crippen LogP contribution in [0.3, 0.4) is 0 Å². The third-order valence-electron chi connectivity index (χ3n) is 4.84. The Bertz CT molecular complexity index is 456. The molecule has 0 spiro atoms. The number of hydrogen-bond donors (Lipinski definition) is 0. The second-order valence-electron chi connectivity index (χ2n) is 7.20. The predicted molar refractivity (Wildman–Crippen MR) is 123 cm³/mol. The van der Waals surface area contributed by atoms with Crippen molar-refractivity contribution in [3.8, 4) is 0 Å². The summed E-state index contributed by atoms with van der Waals surface area (Å²) in [5.41, 5.74) is 1.35. The van der Waals surface area contributed by atoms with Crippen molar-refractivity contribution in [1.29, 1.82) is 0 Å². The molecule has 1 aromatic carbocycles. The third-order valence-corrected chi connectivity index (χ3v) is 27.9. The fourth-order valence-electron chi connectivity index (χ4n) is 3.21. The van der Waals surface area contributed by atoms with Crippen LogP contribution in [-0.4, -0.2) is 33.3 Å². The molecule has 0 aliphatic rings. The Morgan fingerprint density at radius 2 is 1.40 bits per heavy atom. The normalized spacial score (nSPS) is 11.5. The van der Waals surface area contributed by atoms with Crippen LogP contribution in [0.5, 0.6) is 0 Å². The van der Waals surface area contributed by atoms with Gasteiger partial charge in [-0.3, -0.25) is 0 Å². The van der Waals surface area contributed by atoms with Gasteiger partial charge in [0.2, 0.25) is 0 Å². The van der Waals surface area contributed by atoms with Crippen LogP contribution in [0.25, 0.3) is 0 Å². The van der Waals surface area contributed by atoms with Gasteiger partial charge in [0.25, 0.3) is 0 Å². The van der Waals surface area contributed by atoms with Gasteiger partial charge in [0.05, 0.1) is 0 Å². The van der Waals surface area contributed by atoms with E-state index in [0.29, 0.717) is 0 Å². The molecule has 0 saturated carbocycles. The summed E-state index contributed by atoms with van der Waals surface area (Å²) in [7, 11) is 4.39. The van der Waals surface area contributed by atoms with Crippen molar-refractivity contribution in [1.82, 2.24) is 4.90 Å². The molecule has 0 saturated heterocycles. The van der Waals surface area contributed by atoms with E-state index >= 15 is 0 Å². The Kier molecular flexibility index (Phi) is 12.5. The molecule has 0 bridgehead atoms. The molecule has 1 rings (SSSR count). The molecule has 0 aromatic heterocycles. The van der Waals surface area contributed by atoms with E-state index in [1.807, 2.05) is 0 Å². The fourth-order valence-corrected chi connectivity index (χ4v) is 28.4. The van der Waals surface area contributed by atoms with E-state index in [1.54, 1.807) is 0 Å². The van der Waals surface area contributed by atoms with Crippen LogP contribution in [0, 0.1) is 0 Å². The fraction of sp³-hybridized carbons (Fsp3) is 0.667. The predicted octanol–water partition coefficient (Wildman–Crippen LogP) is 7.48. The summed E-state index contributed by atoms with van der Waals surface area (Å²) in [5, 5.41) is 0. The molecular weight excluding hydrogens is 449 g/mol. The third kappa shape index (κ3) is 9.14. The number of thiocarbonyl (C=S) groups is 1. The molecule has 0 unspecified atom stereocenters. The number of nitrogens with zero attached hydrogens (tertiary/aromatic N) is 1. The zero-order chi connectivity index (χ0) is 18.5. The Hall–Kier alpha value is 0.259. The second kappa shape index (κ2) is 13.4. The van der Waals surface area contributed by atoms with E-state index < -0.39 is 17.0 Å². The summed E-state index contributed by atoms with van der Waals surface area (Å²) < 4.78 is 5.68. The molecule has 0 aliphatic carbocycles. The zero-order valence-corrected chi connectivity index (χ0v) is 21.2. The molecule has 142 valence electrons. The van der Waals surface area contributed by atoms with Gasteiger partial charge in [-0.2, -0.15) is 0 Å². The number of rotatable bonds is 12. The molecule has 0 fully saturated rings. The van der Waals surface area contributed by atoms with E-state index in [-0.39, 0.29) is 0 Å². The van der Waals surface area contributed by atoms with Crippen LogP contribution >= 0.6 is 21.2 Å². The monoisotopic (exact) mass is 487 g/mol. The minimum absolute atomic E-state index is 0.934. The van der Waals surface area contributed by atoms with Crippen molar-refractivity contribution >= 4 is 42.5 Å². The Balaban J connectivity index is 2.78. The SMILES string of the molecule is CCC[CH2][Sn]([CH2]CCC)([CH2]CCC)[S]C(=S)N(C)Cc1ccccc1. The number of unbranched alkanes of at least 4 members (excludes halogenated alkanes) is 3. The summed E-state index contributed by atoms with van der Waals surface area (Å²) in [6, 6.07) is 10.7. The van der Waals surface area contributed by atoms with E-state index in [1.165, 1.54) is 57.4 Å². The molecule has 1 nitrogen and oxygen atoms in total. The van der Waals surface area contributed by atoms with Gasteiger partial charge in [-0.1, -0.05) is 0 Å². The van der Waals surface area contributed by atoms with Gasteiger partial charge in [0.1, 0.15) is 0 Å². The summed E-state index contributed by atoms with van der Waals surface area (Å²) in [4.78, 5) is 2.31. The minimum atomic E-state index is -2.24. The first-order valence-corrected chi connectivity index (χ1v) is 20.8. The molecule has 25 heavy (non-hydrogen) atoms. The van der Waals surface area contributed by atoms with Crippen LogP contribution in [0.4, 0.5) is 0 Å². The molecule has 0 heterocycles. The first-order valence-electron chi connectivity index (χ1n) is 10.0. The van der Waals surface area contributed by atoms with Crippen molar-refractivity contribution in [2.24, 2.45) is 0 Å². The molecule has 0 amide bonds. The molecule has 0 atom stereocenters. The molecule has 4 heteroatoms. The quantitative estimate of drug-likeness (QED) is 0.223. The Morgan fingerprint density at radius 1 is 0.920 bits per heavy atom. The van der Waals surface area contributed by atoms with Gasteiger partial charge in [-0.05, 0) is 0 Å². The van der Waals surface area contributed by atoms with Gasteiger partial charge in [0, 0.05) is 0 Å². The summed E-state index contributed by atoms with van der Waals surface area (Å²) >= 11 is 3.68. The van der Waals surface area contributed by atoms with Crippen molar-refractivity contribution in [3.63, 3.8) is 0 Å². The average Bonchev–Trinajstić information content (AvgIpc) is 2.63. The van der Waals surface area contributed by atoms with Crippen molar-refractivity contribution < 1.29 is 0 Å². The topological polar surface area (TPSA) is 3.24 Å². The number of benzene rings is 1. The van der Waals surface area contributed by atoms with Crippen LogP contribution in [0.2, 0.25) is 13.3 Å².